The molecule has 1 amide bonds. The lowest BCUT2D eigenvalue weighted by Gasteiger charge is -2.30. The zero-order chi connectivity index (χ0) is 18.6. The Kier molecular flexibility index (Phi) is 6.57. The van der Waals surface area contributed by atoms with Gasteiger partial charge in [-0.05, 0) is 31.2 Å². The predicted molar refractivity (Wildman–Crippen MR) is 89.9 cm³/mol. The third kappa shape index (κ3) is 3.86. The highest BCUT2D eigenvalue weighted by molar-refractivity contribution is 8.00. The summed E-state index contributed by atoms with van der Waals surface area (Å²) in [4.78, 5) is 13.2. The van der Waals surface area contributed by atoms with Gasteiger partial charge in [0.1, 0.15) is 18.0 Å². The van der Waals surface area contributed by atoms with Gasteiger partial charge in [0, 0.05) is 19.3 Å². The number of anilines is 2. The van der Waals surface area contributed by atoms with Crippen molar-refractivity contribution >= 4 is 29.4 Å². The lowest BCUT2D eigenvalue weighted by atomic mass is 10.1. The fourth-order valence-corrected chi connectivity index (χ4v) is 3.17. The summed E-state index contributed by atoms with van der Waals surface area (Å²) in [5, 5.41) is 0. The topological polar surface area (TPSA) is 32.8 Å². The average Bonchev–Trinajstić information content (AvgIpc) is 2.62. The van der Waals surface area contributed by atoms with Gasteiger partial charge in [-0.15, -0.1) is 0 Å². The number of carbonyl (C=O) groups is 1. The van der Waals surface area contributed by atoms with Crippen LogP contribution in [-0.2, 0) is 4.74 Å². The van der Waals surface area contributed by atoms with Crippen molar-refractivity contribution in [1.82, 2.24) is 0 Å². The standard InChI is InChI=1S/C16H18F4N2O2S/c1-3-9-24-16(23)22(25-2)15-12(19)10(17)14(11(18)13(15)20)21-7-5-4-6-8-21/h3H,1,4-9H2,2H3. The van der Waals surface area contributed by atoms with E-state index < -0.39 is 40.7 Å². The molecule has 0 aliphatic carbocycles. The van der Waals surface area contributed by atoms with Crippen LogP contribution in [0.1, 0.15) is 19.3 Å². The number of nitrogens with zero attached hydrogens (tertiary/aromatic N) is 2. The van der Waals surface area contributed by atoms with Crippen molar-refractivity contribution in [3.63, 3.8) is 0 Å². The minimum atomic E-state index is -1.63. The SMILES string of the molecule is C=CCOC(=O)N(SC)c1c(F)c(F)c(N2CCCCC2)c(F)c1F. The van der Waals surface area contributed by atoms with Gasteiger partial charge in [0.2, 0.25) is 0 Å². The number of amides is 1. The van der Waals surface area contributed by atoms with E-state index in [1.807, 2.05) is 0 Å². The van der Waals surface area contributed by atoms with E-state index in [1.165, 1.54) is 17.2 Å². The Morgan fingerprint density at radius 2 is 1.72 bits per heavy atom. The number of benzene rings is 1. The summed E-state index contributed by atoms with van der Waals surface area (Å²) >= 11 is 0.566. The Hall–Kier alpha value is -1.90. The summed E-state index contributed by atoms with van der Waals surface area (Å²) in [5.41, 5.74) is -1.86. The molecule has 4 nitrogen and oxygen atoms in total. The van der Waals surface area contributed by atoms with E-state index in [4.69, 9.17) is 4.74 Å². The molecule has 1 aliphatic heterocycles. The molecule has 138 valence electrons. The van der Waals surface area contributed by atoms with Crippen LogP contribution >= 0.6 is 11.9 Å². The largest absolute Gasteiger partial charge is 0.444 e. The van der Waals surface area contributed by atoms with Crippen LogP contribution in [0.4, 0.5) is 33.7 Å². The highest BCUT2D eigenvalue weighted by Crippen LogP contribution is 2.38. The number of carbonyl (C=O) groups excluding carboxylic acids is 1. The van der Waals surface area contributed by atoms with E-state index in [9.17, 15) is 22.4 Å². The van der Waals surface area contributed by atoms with Gasteiger partial charge in [0.15, 0.2) is 23.3 Å². The highest BCUT2D eigenvalue weighted by atomic mass is 32.2. The van der Waals surface area contributed by atoms with E-state index in [-0.39, 0.29) is 6.61 Å². The Bertz CT molecular complexity index is 637. The first kappa shape index (κ1) is 19.4. The molecule has 25 heavy (non-hydrogen) atoms. The number of halogens is 4. The Morgan fingerprint density at radius 1 is 1.16 bits per heavy atom. The van der Waals surface area contributed by atoms with Crippen molar-refractivity contribution in [1.29, 1.82) is 0 Å². The lowest BCUT2D eigenvalue weighted by molar-refractivity contribution is 0.170. The van der Waals surface area contributed by atoms with Crippen LogP contribution in [0.15, 0.2) is 12.7 Å². The van der Waals surface area contributed by atoms with Crippen molar-refractivity contribution in [2.45, 2.75) is 19.3 Å². The zero-order valence-corrected chi connectivity index (χ0v) is 14.5. The summed E-state index contributed by atoms with van der Waals surface area (Å²) < 4.78 is 63.0. The molecular formula is C16H18F4N2O2S. The molecule has 0 unspecified atom stereocenters. The molecule has 0 bridgehead atoms. The summed E-state index contributed by atoms with van der Waals surface area (Å²) in [6.07, 6.45) is 3.66. The van der Waals surface area contributed by atoms with E-state index in [2.05, 4.69) is 6.58 Å². The van der Waals surface area contributed by atoms with Gasteiger partial charge in [0.25, 0.3) is 0 Å². The van der Waals surface area contributed by atoms with Crippen molar-refractivity contribution in [2.24, 2.45) is 0 Å². The fourth-order valence-electron chi connectivity index (χ4n) is 2.63. The third-order valence-corrected chi connectivity index (χ3v) is 4.46. The minimum absolute atomic E-state index is 0.212. The molecule has 0 N–H and O–H groups in total. The highest BCUT2D eigenvalue weighted by Gasteiger charge is 2.34. The zero-order valence-electron chi connectivity index (χ0n) is 13.7. The van der Waals surface area contributed by atoms with Crippen LogP contribution in [0, 0.1) is 23.3 Å². The van der Waals surface area contributed by atoms with Crippen LogP contribution in [0.5, 0.6) is 0 Å². The van der Waals surface area contributed by atoms with Crippen molar-refractivity contribution < 1.29 is 27.1 Å². The van der Waals surface area contributed by atoms with Crippen molar-refractivity contribution in [3.8, 4) is 0 Å². The van der Waals surface area contributed by atoms with E-state index in [0.717, 1.165) is 6.42 Å². The van der Waals surface area contributed by atoms with E-state index in [0.29, 0.717) is 42.2 Å². The summed E-state index contributed by atoms with van der Waals surface area (Å²) in [5.74, 6) is -6.31. The molecule has 9 heteroatoms. The second-order valence-corrected chi connectivity index (χ2v) is 6.07. The maximum Gasteiger partial charge on any atom is 0.425 e. The molecule has 0 radical (unpaired) electrons. The minimum Gasteiger partial charge on any atom is -0.444 e. The van der Waals surface area contributed by atoms with Gasteiger partial charge >= 0.3 is 6.09 Å². The van der Waals surface area contributed by atoms with Crippen LogP contribution in [0.25, 0.3) is 0 Å². The molecule has 0 atom stereocenters. The van der Waals surface area contributed by atoms with Crippen LogP contribution in [-0.4, -0.2) is 32.0 Å². The lowest BCUT2D eigenvalue weighted by Crippen LogP contribution is -2.33. The molecule has 2 rings (SSSR count). The predicted octanol–water partition coefficient (Wildman–Crippen LogP) is 4.64. The first-order chi connectivity index (χ1) is 11.9. The van der Waals surface area contributed by atoms with Gasteiger partial charge in [-0.2, -0.15) is 0 Å². The molecule has 1 heterocycles. The van der Waals surface area contributed by atoms with Gasteiger partial charge in [-0.25, -0.2) is 26.7 Å². The number of rotatable bonds is 5. The maximum atomic E-state index is 14.5. The number of hydrogen-bond acceptors (Lipinski definition) is 4. The quantitative estimate of drug-likeness (QED) is 0.323. The van der Waals surface area contributed by atoms with Crippen molar-refractivity contribution in [3.05, 3.63) is 35.9 Å². The van der Waals surface area contributed by atoms with E-state index in [1.54, 1.807) is 0 Å². The smallest absolute Gasteiger partial charge is 0.425 e. The molecule has 0 spiro atoms. The van der Waals surface area contributed by atoms with E-state index >= 15 is 0 Å². The molecule has 1 saturated heterocycles. The third-order valence-electron chi connectivity index (χ3n) is 3.77. The van der Waals surface area contributed by atoms with Gasteiger partial charge < -0.3 is 9.64 Å². The molecule has 0 saturated carbocycles. The summed E-state index contributed by atoms with van der Waals surface area (Å²) in [7, 11) is 0. The Morgan fingerprint density at radius 3 is 2.20 bits per heavy atom. The maximum absolute atomic E-state index is 14.5. The molecule has 1 fully saturated rings. The first-order valence-electron chi connectivity index (χ1n) is 7.66. The summed E-state index contributed by atoms with van der Waals surface area (Å²) in [6.45, 7) is 3.74. The second kappa shape index (κ2) is 8.46. The van der Waals surface area contributed by atoms with Gasteiger partial charge in [-0.1, -0.05) is 12.7 Å². The molecule has 1 aromatic rings. The first-order valence-corrected chi connectivity index (χ1v) is 8.85. The molecular weight excluding hydrogens is 360 g/mol. The van der Waals surface area contributed by atoms with Gasteiger partial charge in [-0.3, -0.25) is 0 Å². The summed E-state index contributed by atoms with van der Waals surface area (Å²) in [6, 6.07) is 0. The van der Waals surface area contributed by atoms with Crippen LogP contribution in [0.2, 0.25) is 0 Å². The van der Waals surface area contributed by atoms with Crippen molar-refractivity contribution in [2.75, 3.05) is 35.2 Å². The number of hydrogen-bond donors (Lipinski definition) is 0. The fraction of sp³-hybridized carbons (Fsp3) is 0.438. The molecule has 1 aliphatic rings. The number of ether oxygens (including phenoxy) is 1. The number of piperidine rings is 1. The van der Waals surface area contributed by atoms with Crippen LogP contribution in [0.3, 0.4) is 0 Å². The molecule has 0 aromatic heterocycles. The average molecular weight is 378 g/mol. The van der Waals surface area contributed by atoms with Crippen LogP contribution < -0.4 is 9.21 Å². The normalized spacial score (nSPS) is 14.4. The second-order valence-electron chi connectivity index (χ2n) is 5.34. The Balaban J connectivity index is 2.49. The monoisotopic (exact) mass is 378 g/mol. The van der Waals surface area contributed by atoms with Gasteiger partial charge in [0.05, 0.1) is 0 Å². The molecule has 1 aromatic carbocycles. The Labute approximate surface area is 147 Å².